The Morgan fingerprint density at radius 1 is 1.04 bits per heavy atom. The minimum Gasteiger partial charge on any atom is -0.338 e. The number of hydrogen-bond donors (Lipinski definition) is 0. The van der Waals surface area contributed by atoms with Crippen molar-refractivity contribution < 1.29 is 8.91 Å². The van der Waals surface area contributed by atoms with E-state index in [-0.39, 0.29) is 5.82 Å². The monoisotopic (exact) mass is 343 g/mol. The molecule has 0 amide bonds. The molecule has 0 aliphatic heterocycles. The van der Waals surface area contributed by atoms with Crippen LogP contribution in [0.15, 0.2) is 57.9 Å². The van der Waals surface area contributed by atoms with Crippen LogP contribution in [0.2, 0.25) is 0 Å². The van der Waals surface area contributed by atoms with Crippen molar-refractivity contribution in [3.05, 3.63) is 65.8 Å². The smallest absolute Gasteiger partial charge is 0.241 e. The van der Waals surface area contributed by atoms with Gasteiger partial charge >= 0.3 is 0 Å². The van der Waals surface area contributed by atoms with Crippen LogP contribution in [-0.4, -0.2) is 28.3 Å². The summed E-state index contributed by atoms with van der Waals surface area (Å²) in [6.07, 6.45) is 2.06. The Morgan fingerprint density at radius 3 is 2.42 bits per heavy atom. The zero-order valence-corrected chi connectivity index (χ0v) is 14.4. The molecule has 0 radical (unpaired) electrons. The summed E-state index contributed by atoms with van der Waals surface area (Å²) in [5, 5.41) is 3.96. The molecule has 0 aliphatic rings. The van der Waals surface area contributed by atoms with E-state index in [2.05, 4.69) is 45.6 Å². The van der Waals surface area contributed by atoms with E-state index in [1.54, 1.807) is 23.9 Å². The number of benzene rings is 2. The van der Waals surface area contributed by atoms with Gasteiger partial charge in [-0.2, -0.15) is 4.98 Å². The first kappa shape index (κ1) is 16.7. The predicted molar refractivity (Wildman–Crippen MR) is 93.1 cm³/mol. The number of thioether (sulfide) groups is 1. The fourth-order valence-electron chi connectivity index (χ4n) is 2.36. The minimum absolute atomic E-state index is 0.283. The van der Waals surface area contributed by atoms with Gasteiger partial charge in [-0.05, 0) is 55.3 Å². The third-order valence-corrected chi connectivity index (χ3v) is 4.33. The zero-order valence-electron chi connectivity index (χ0n) is 13.6. The van der Waals surface area contributed by atoms with Crippen molar-refractivity contribution in [3.63, 3.8) is 0 Å². The SMILES string of the molecule is CSc1ccc(CN(C)Cc2nc(-c3ccc(F)cc3)no2)cc1. The highest BCUT2D eigenvalue weighted by Gasteiger charge is 2.11. The third-order valence-electron chi connectivity index (χ3n) is 3.59. The van der Waals surface area contributed by atoms with Gasteiger partial charge in [0, 0.05) is 17.0 Å². The molecule has 3 rings (SSSR count). The molecular formula is C18H18FN3OS. The summed E-state index contributed by atoms with van der Waals surface area (Å²) in [7, 11) is 2.00. The van der Waals surface area contributed by atoms with Crippen LogP contribution in [0.4, 0.5) is 4.39 Å². The molecule has 0 saturated carbocycles. The Labute approximate surface area is 144 Å². The maximum atomic E-state index is 13.0. The molecular weight excluding hydrogens is 325 g/mol. The van der Waals surface area contributed by atoms with Crippen LogP contribution in [0.5, 0.6) is 0 Å². The molecule has 6 heteroatoms. The van der Waals surface area contributed by atoms with Crippen LogP contribution in [-0.2, 0) is 13.1 Å². The van der Waals surface area contributed by atoms with Crippen LogP contribution in [0.3, 0.4) is 0 Å². The second-order valence-corrected chi connectivity index (χ2v) is 6.42. The molecule has 124 valence electrons. The lowest BCUT2D eigenvalue weighted by Crippen LogP contribution is -2.17. The van der Waals surface area contributed by atoms with Gasteiger partial charge in [0.25, 0.3) is 0 Å². The summed E-state index contributed by atoms with van der Waals surface area (Å²) in [5.41, 5.74) is 1.97. The molecule has 0 saturated heterocycles. The van der Waals surface area contributed by atoms with Crippen molar-refractivity contribution in [2.45, 2.75) is 18.0 Å². The standard InChI is InChI=1S/C18H18FN3OS/c1-22(11-13-3-9-16(24-2)10-4-13)12-17-20-18(21-23-17)14-5-7-15(19)8-6-14/h3-10H,11-12H2,1-2H3. The fourth-order valence-corrected chi connectivity index (χ4v) is 2.77. The summed E-state index contributed by atoms with van der Waals surface area (Å²) in [6.45, 7) is 1.35. The van der Waals surface area contributed by atoms with E-state index < -0.39 is 0 Å². The molecule has 1 heterocycles. The molecule has 0 spiro atoms. The van der Waals surface area contributed by atoms with E-state index in [1.807, 2.05) is 7.05 Å². The highest BCUT2D eigenvalue weighted by Crippen LogP contribution is 2.18. The van der Waals surface area contributed by atoms with Crippen molar-refractivity contribution in [3.8, 4) is 11.4 Å². The highest BCUT2D eigenvalue weighted by molar-refractivity contribution is 7.98. The van der Waals surface area contributed by atoms with Gasteiger partial charge in [-0.15, -0.1) is 11.8 Å². The van der Waals surface area contributed by atoms with Gasteiger partial charge in [0.1, 0.15) is 5.82 Å². The molecule has 0 aliphatic carbocycles. The van der Waals surface area contributed by atoms with Gasteiger partial charge in [0.05, 0.1) is 6.54 Å². The Kier molecular flexibility index (Phi) is 5.27. The lowest BCUT2D eigenvalue weighted by Gasteiger charge is -2.14. The van der Waals surface area contributed by atoms with Crippen LogP contribution >= 0.6 is 11.8 Å². The second kappa shape index (κ2) is 7.59. The fraction of sp³-hybridized carbons (Fsp3) is 0.222. The van der Waals surface area contributed by atoms with Crippen LogP contribution in [0.25, 0.3) is 11.4 Å². The Bertz CT molecular complexity index is 787. The lowest BCUT2D eigenvalue weighted by molar-refractivity contribution is 0.261. The van der Waals surface area contributed by atoms with E-state index in [9.17, 15) is 4.39 Å². The van der Waals surface area contributed by atoms with Crippen LogP contribution in [0, 0.1) is 5.82 Å². The Hall–Kier alpha value is -2.18. The molecule has 0 fully saturated rings. The molecule has 24 heavy (non-hydrogen) atoms. The molecule has 0 N–H and O–H groups in total. The number of hydrogen-bond acceptors (Lipinski definition) is 5. The predicted octanol–water partition coefficient (Wildman–Crippen LogP) is 4.23. The van der Waals surface area contributed by atoms with Gasteiger partial charge < -0.3 is 4.52 Å². The normalized spacial score (nSPS) is 11.2. The molecule has 3 aromatic rings. The number of nitrogens with zero attached hydrogens (tertiary/aromatic N) is 3. The van der Waals surface area contributed by atoms with Crippen molar-refractivity contribution >= 4 is 11.8 Å². The molecule has 0 atom stereocenters. The van der Waals surface area contributed by atoms with Crippen molar-refractivity contribution in [1.82, 2.24) is 15.0 Å². The summed E-state index contributed by atoms with van der Waals surface area (Å²) >= 11 is 1.73. The summed E-state index contributed by atoms with van der Waals surface area (Å²) in [6, 6.07) is 14.5. The summed E-state index contributed by atoms with van der Waals surface area (Å²) < 4.78 is 18.3. The number of halogens is 1. The van der Waals surface area contributed by atoms with E-state index >= 15 is 0 Å². The Morgan fingerprint density at radius 2 is 1.75 bits per heavy atom. The molecule has 4 nitrogen and oxygen atoms in total. The molecule has 0 bridgehead atoms. The van der Waals surface area contributed by atoms with Crippen molar-refractivity contribution in [2.75, 3.05) is 13.3 Å². The van der Waals surface area contributed by atoms with E-state index in [4.69, 9.17) is 4.52 Å². The van der Waals surface area contributed by atoms with Crippen molar-refractivity contribution in [1.29, 1.82) is 0 Å². The Balaban J connectivity index is 1.62. The van der Waals surface area contributed by atoms with E-state index in [0.29, 0.717) is 18.3 Å². The van der Waals surface area contributed by atoms with E-state index in [0.717, 1.165) is 12.1 Å². The molecule has 2 aromatic carbocycles. The number of aromatic nitrogens is 2. The van der Waals surface area contributed by atoms with Gasteiger partial charge in [0.15, 0.2) is 0 Å². The first-order chi connectivity index (χ1) is 11.6. The first-order valence-corrected chi connectivity index (χ1v) is 8.76. The summed E-state index contributed by atoms with van der Waals surface area (Å²) in [4.78, 5) is 7.73. The molecule has 0 unspecified atom stereocenters. The highest BCUT2D eigenvalue weighted by atomic mass is 32.2. The molecule has 1 aromatic heterocycles. The quantitative estimate of drug-likeness (QED) is 0.627. The topological polar surface area (TPSA) is 42.2 Å². The second-order valence-electron chi connectivity index (χ2n) is 5.54. The maximum Gasteiger partial charge on any atom is 0.241 e. The maximum absolute atomic E-state index is 13.0. The number of rotatable bonds is 6. The average Bonchev–Trinajstić information content (AvgIpc) is 3.04. The van der Waals surface area contributed by atoms with Crippen LogP contribution < -0.4 is 0 Å². The van der Waals surface area contributed by atoms with Crippen molar-refractivity contribution in [2.24, 2.45) is 0 Å². The first-order valence-electron chi connectivity index (χ1n) is 7.54. The van der Waals surface area contributed by atoms with Gasteiger partial charge in [-0.25, -0.2) is 4.39 Å². The van der Waals surface area contributed by atoms with Crippen LogP contribution in [0.1, 0.15) is 11.5 Å². The summed E-state index contributed by atoms with van der Waals surface area (Å²) in [5.74, 6) is 0.731. The van der Waals surface area contributed by atoms with E-state index in [1.165, 1.54) is 22.6 Å². The minimum atomic E-state index is -0.283. The van der Waals surface area contributed by atoms with Gasteiger partial charge in [-0.3, -0.25) is 4.90 Å². The van der Waals surface area contributed by atoms with Gasteiger partial charge in [-0.1, -0.05) is 17.3 Å². The zero-order chi connectivity index (χ0) is 16.9. The van der Waals surface area contributed by atoms with Gasteiger partial charge in [0.2, 0.25) is 11.7 Å². The largest absolute Gasteiger partial charge is 0.338 e. The lowest BCUT2D eigenvalue weighted by atomic mass is 10.2. The third kappa shape index (κ3) is 4.21. The average molecular weight is 343 g/mol.